The third-order valence-corrected chi connectivity index (χ3v) is 7.77. The monoisotopic (exact) mass is 337 g/mol. The molecule has 5 unspecified atom stereocenters. The number of furan rings is 1. The van der Waals surface area contributed by atoms with Crippen LogP contribution in [0.3, 0.4) is 0 Å². The van der Waals surface area contributed by atoms with Gasteiger partial charge in [0.05, 0.1) is 0 Å². The highest BCUT2D eigenvalue weighted by Gasteiger charge is 2.56. The topological polar surface area (TPSA) is 16.4 Å². The summed E-state index contributed by atoms with van der Waals surface area (Å²) in [6.45, 7) is 10.8. The Morgan fingerprint density at radius 3 is 2.88 bits per heavy atom. The highest BCUT2D eigenvalue weighted by Crippen LogP contribution is 2.58. The first kappa shape index (κ1) is 15.9. The van der Waals surface area contributed by atoms with Gasteiger partial charge in [-0.05, 0) is 62.5 Å². The van der Waals surface area contributed by atoms with Crippen LogP contribution < -0.4 is 0 Å². The Bertz CT molecular complexity index is 821. The summed E-state index contributed by atoms with van der Waals surface area (Å²) in [7, 11) is 0. The second-order valence-electron chi connectivity index (χ2n) is 9.27. The maximum absolute atomic E-state index is 6.57. The molecule has 0 amide bonds. The molecule has 3 fully saturated rings. The zero-order chi connectivity index (χ0) is 17.3. The second-order valence-corrected chi connectivity index (χ2v) is 9.27. The maximum atomic E-state index is 6.57. The first-order valence-electron chi connectivity index (χ1n) is 10.3. The number of hydrogen-bond donors (Lipinski definition) is 0. The van der Waals surface area contributed by atoms with Gasteiger partial charge in [0.15, 0.2) is 0 Å². The molecule has 0 radical (unpaired) electrons. The third-order valence-electron chi connectivity index (χ3n) is 7.77. The van der Waals surface area contributed by atoms with Crippen LogP contribution in [0.1, 0.15) is 69.3 Å². The fourth-order valence-electron chi connectivity index (χ4n) is 6.52. The minimum atomic E-state index is 0.440. The van der Waals surface area contributed by atoms with E-state index in [-0.39, 0.29) is 0 Å². The molecule has 6 rings (SSSR count). The van der Waals surface area contributed by atoms with Crippen molar-refractivity contribution in [3.05, 3.63) is 35.1 Å². The summed E-state index contributed by atoms with van der Waals surface area (Å²) >= 11 is 0. The normalized spacial score (nSPS) is 39.4. The molecule has 3 aliphatic heterocycles. The van der Waals surface area contributed by atoms with Gasteiger partial charge in [0.2, 0.25) is 0 Å². The molecule has 0 spiro atoms. The number of rotatable bonds is 2. The molecule has 1 aliphatic carbocycles. The number of piperidine rings is 2. The average Bonchev–Trinajstić information content (AvgIpc) is 2.92. The standard InChI is InChI=1S/C23H31NO/c1-5-16-11-18-17-9-14(3)7-8-20(17)25-21(18)19-10-15-12-23(4,6-2)22(19)24(16)13-15/h7-9,15-16,19,22H,5-6,10-13H2,1-4H3/t15?,16-,19?,22?,23?/m1/s1. The summed E-state index contributed by atoms with van der Waals surface area (Å²) in [5, 5.41) is 1.39. The van der Waals surface area contributed by atoms with Crippen molar-refractivity contribution in [1.29, 1.82) is 0 Å². The van der Waals surface area contributed by atoms with E-state index in [4.69, 9.17) is 4.42 Å². The molecule has 1 aromatic heterocycles. The highest BCUT2D eigenvalue weighted by molar-refractivity contribution is 5.83. The predicted molar refractivity (Wildman–Crippen MR) is 103 cm³/mol. The van der Waals surface area contributed by atoms with E-state index in [1.165, 1.54) is 60.9 Å². The molecule has 2 aromatic rings. The van der Waals surface area contributed by atoms with Gasteiger partial charge in [0.25, 0.3) is 0 Å². The first-order chi connectivity index (χ1) is 12.0. The van der Waals surface area contributed by atoms with Crippen molar-refractivity contribution in [2.75, 3.05) is 6.54 Å². The van der Waals surface area contributed by atoms with Gasteiger partial charge >= 0.3 is 0 Å². The predicted octanol–water partition coefficient (Wildman–Crippen LogP) is 5.67. The fraction of sp³-hybridized carbons (Fsp3) is 0.652. The highest BCUT2D eigenvalue weighted by atomic mass is 16.3. The molecule has 1 saturated carbocycles. The van der Waals surface area contributed by atoms with Crippen molar-refractivity contribution in [3.8, 4) is 0 Å². The third kappa shape index (κ3) is 2.13. The maximum Gasteiger partial charge on any atom is 0.134 e. The van der Waals surface area contributed by atoms with Gasteiger partial charge in [-0.1, -0.05) is 32.4 Å². The molecular formula is C23H31NO. The number of fused-ring (bicyclic) bond motifs is 4. The molecule has 134 valence electrons. The Morgan fingerprint density at radius 1 is 1.28 bits per heavy atom. The second kappa shape index (κ2) is 5.36. The van der Waals surface area contributed by atoms with Gasteiger partial charge in [-0.2, -0.15) is 0 Å². The lowest BCUT2D eigenvalue weighted by atomic mass is 9.57. The molecule has 25 heavy (non-hydrogen) atoms. The minimum Gasteiger partial charge on any atom is -0.460 e. The first-order valence-corrected chi connectivity index (χ1v) is 10.3. The van der Waals surface area contributed by atoms with Crippen LogP contribution in [0.4, 0.5) is 0 Å². The van der Waals surface area contributed by atoms with Crippen molar-refractivity contribution in [3.63, 3.8) is 0 Å². The average molecular weight is 338 g/mol. The van der Waals surface area contributed by atoms with E-state index in [0.717, 1.165) is 11.5 Å². The van der Waals surface area contributed by atoms with E-state index in [1.54, 1.807) is 0 Å². The van der Waals surface area contributed by atoms with E-state index < -0.39 is 0 Å². The zero-order valence-electron chi connectivity index (χ0n) is 16.1. The van der Waals surface area contributed by atoms with Crippen molar-refractivity contribution < 1.29 is 4.42 Å². The molecule has 4 bridgehead atoms. The molecule has 4 aliphatic rings. The Kier molecular flexibility index (Phi) is 3.42. The molecule has 4 heterocycles. The summed E-state index contributed by atoms with van der Waals surface area (Å²) in [4.78, 5) is 2.91. The molecular weight excluding hydrogens is 306 g/mol. The Morgan fingerprint density at radius 2 is 2.12 bits per heavy atom. The largest absolute Gasteiger partial charge is 0.460 e. The minimum absolute atomic E-state index is 0.440. The van der Waals surface area contributed by atoms with E-state index in [1.807, 2.05) is 0 Å². The van der Waals surface area contributed by atoms with E-state index in [0.29, 0.717) is 23.4 Å². The van der Waals surface area contributed by atoms with Gasteiger partial charge in [0.1, 0.15) is 11.3 Å². The lowest BCUT2D eigenvalue weighted by Gasteiger charge is -2.60. The van der Waals surface area contributed by atoms with Crippen LogP contribution in [-0.4, -0.2) is 23.5 Å². The summed E-state index contributed by atoms with van der Waals surface area (Å²) < 4.78 is 6.57. The summed E-state index contributed by atoms with van der Waals surface area (Å²) in [6, 6.07) is 8.07. The molecule has 1 aromatic carbocycles. The van der Waals surface area contributed by atoms with Crippen LogP contribution in [0.15, 0.2) is 22.6 Å². The van der Waals surface area contributed by atoms with Crippen molar-refractivity contribution in [2.45, 2.75) is 77.8 Å². The number of benzene rings is 1. The number of hydrogen-bond acceptors (Lipinski definition) is 2. The van der Waals surface area contributed by atoms with Gasteiger partial charge in [0, 0.05) is 35.5 Å². The van der Waals surface area contributed by atoms with Gasteiger partial charge in [-0.25, -0.2) is 0 Å². The Labute approximate surface area is 151 Å². The summed E-state index contributed by atoms with van der Waals surface area (Å²) in [5.74, 6) is 2.78. The molecule has 2 heteroatoms. The van der Waals surface area contributed by atoms with Crippen LogP contribution in [0.25, 0.3) is 11.0 Å². The van der Waals surface area contributed by atoms with Crippen LogP contribution in [0, 0.1) is 18.3 Å². The lowest BCUT2D eigenvalue weighted by Crippen LogP contribution is -2.63. The Hall–Kier alpha value is -1.28. The SMILES string of the molecule is CC[C@@H]1Cc2c(oc3ccc(C)cc23)C2CC3CN1C2C(C)(CC)C3. The molecule has 2 saturated heterocycles. The fourth-order valence-corrected chi connectivity index (χ4v) is 6.52. The van der Waals surface area contributed by atoms with E-state index >= 15 is 0 Å². The molecule has 0 N–H and O–H groups in total. The van der Waals surface area contributed by atoms with Crippen LogP contribution in [0.2, 0.25) is 0 Å². The van der Waals surface area contributed by atoms with Crippen LogP contribution >= 0.6 is 0 Å². The van der Waals surface area contributed by atoms with Crippen molar-refractivity contribution in [2.24, 2.45) is 11.3 Å². The Balaban J connectivity index is 1.74. The van der Waals surface area contributed by atoms with E-state index in [9.17, 15) is 0 Å². The summed E-state index contributed by atoms with van der Waals surface area (Å²) in [5.41, 5.74) is 4.43. The quantitative estimate of drug-likeness (QED) is 0.702. The van der Waals surface area contributed by atoms with Gasteiger partial charge in [-0.15, -0.1) is 0 Å². The number of nitrogens with zero attached hydrogens (tertiary/aromatic N) is 1. The van der Waals surface area contributed by atoms with Gasteiger partial charge < -0.3 is 4.42 Å². The molecule has 2 nitrogen and oxygen atoms in total. The van der Waals surface area contributed by atoms with Crippen molar-refractivity contribution >= 4 is 11.0 Å². The van der Waals surface area contributed by atoms with Crippen molar-refractivity contribution in [1.82, 2.24) is 4.90 Å². The summed E-state index contributed by atoms with van der Waals surface area (Å²) in [6.07, 6.45) is 6.44. The van der Waals surface area contributed by atoms with Crippen LogP contribution in [-0.2, 0) is 6.42 Å². The lowest BCUT2D eigenvalue weighted by molar-refractivity contribution is -0.0910. The van der Waals surface area contributed by atoms with Gasteiger partial charge in [-0.3, -0.25) is 4.90 Å². The zero-order valence-corrected chi connectivity index (χ0v) is 16.1. The smallest absolute Gasteiger partial charge is 0.134 e. The van der Waals surface area contributed by atoms with E-state index in [2.05, 4.69) is 50.8 Å². The number of aryl methyl sites for hydroxylation is 1. The van der Waals surface area contributed by atoms with Crippen LogP contribution in [0.5, 0.6) is 0 Å². The molecule has 6 atom stereocenters.